The average Bonchev–Trinajstić information content (AvgIpc) is 2.95. The fourth-order valence-corrected chi connectivity index (χ4v) is 2.74. The summed E-state index contributed by atoms with van der Waals surface area (Å²) in [6.45, 7) is 0. The van der Waals surface area contributed by atoms with Crippen LogP contribution in [-0.4, -0.2) is 9.85 Å². The van der Waals surface area contributed by atoms with Crippen molar-refractivity contribution in [3.8, 4) is 0 Å². The van der Waals surface area contributed by atoms with Crippen molar-refractivity contribution in [3.63, 3.8) is 0 Å². The summed E-state index contributed by atoms with van der Waals surface area (Å²) < 4.78 is 0. The molecule has 8 heteroatoms. The third kappa shape index (κ3) is 2.60. The lowest BCUT2D eigenvalue weighted by Crippen LogP contribution is -1.86. The number of rotatable bonds is 4. The lowest BCUT2D eigenvalue weighted by atomic mass is 10.3. The second-order valence-corrected chi connectivity index (χ2v) is 5.24. The summed E-state index contributed by atoms with van der Waals surface area (Å²) in [5.74, 6) is 0. The first kappa shape index (κ1) is 12.4. The number of nitrogens with zero attached hydrogens (tertiary/aromatic N) is 2. The molecule has 0 amide bonds. The predicted octanol–water partition coefficient (Wildman–Crippen LogP) is 3.80. The second-order valence-electron chi connectivity index (χ2n) is 3.20. The Bertz CT molecular complexity index is 616. The molecule has 2 aromatic heterocycles. The molecule has 0 unspecified atom stereocenters. The van der Waals surface area contributed by atoms with E-state index >= 15 is 0 Å². The summed E-state index contributed by atoms with van der Waals surface area (Å²) in [6, 6.07) is 4.70. The summed E-state index contributed by atoms with van der Waals surface area (Å²) in [5, 5.41) is 23.0. The molecule has 0 aliphatic carbocycles. The van der Waals surface area contributed by atoms with Gasteiger partial charge in [-0.25, -0.2) is 0 Å². The normalized spacial score (nSPS) is 10.9. The summed E-state index contributed by atoms with van der Waals surface area (Å²) in [6.07, 6.45) is 3.23. The largest absolute Gasteiger partial charge is 0.331 e. The minimum Gasteiger partial charge on any atom is -0.258 e. The first-order valence-electron chi connectivity index (χ1n) is 4.72. The van der Waals surface area contributed by atoms with E-state index in [1.165, 1.54) is 17.4 Å². The summed E-state index contributed by atoms with van der Waals surface area (Å²) in [7, 11) is 0. The van der Waals surface area contributed by atoms with Crippen molar-refractivity contribution in [2.45, 2.75) is 0 Å². The highest BCUT2D eigenvalue weighted by Crippen LogP contribution is 2.35. The lowest BCUT2D eigenvalue weighted by molar-refractivity contribution is -0.390. The van der Waals surface area contributed by atoms with E-state index in [0.717, 1.165) is 22.3 Å². The van der Waals surface area contributed by atoms with E-state index in [9.17, 15) is 20.2 Å². The summed E-state index contributed by atoms with van der Waals surface area (Å²) in [5.41, 5.74) is -0.237. The van der Waals surface area contributed by atoms with Crippen LogP contribution >= 0.6 is 22.7 Å². The zero-order chi connectivity index (χ0) is 13.1. The zero-order valence-corrected chi connectivity index (χ0v) is 10.4. The molecular weight excluding hydrogens is 276 g/mol. The Morgan fingerprint density at radius 2 is 1.94 bits per heavy atom. The molecule has 0 atom stereocenters. The Morgan fingerprint density at radius 1 is 1.17 bits per heavy atom. The Labute approximate surface area is 109 Å². The van der Waals surface area contributed by atoms with Crippen LogP contribution in [-0.2, 0) is 0 Å². The zero-order valence-electron chi connectivity index (χ0n) is 8.81. The molecule has 0 fully saturated rings. The van der Waals surface area contributed by atoms with E-state index in [2.05, 4.69) is 0 Å². The second kappa shape index (κ2) is 5.07. The molecule has 0 saturated carbocycles. The van der Waals surface area contributed by atoms with Crippen LogP contribution in [0.5, 0.6) is 0 Å². The van der Waals surface area contributed by atoms with E-state index in [4.69, 9.17) is 0 Å². The van der Waals surface area contributed by atoms with E-state index in [1.807, 2.05) is 17.5 Å². The van der Waals surface area contributed by atoms with Crippen LogP contribution < -0.4 is 0 Å². The van der Waals surface area contributed by atoms with Gasteiger partial charge in [-0.05, 0) is 23.6 Å². The molecule has 0 aliphatic rings. The van der Waals surface area contributed by atoms with Crippen LogP contribution in [0.25, 0.3) is 12.2 Å². The molecule has 0 bridgehead atoms. The van der Waals surface area contributed by atoms with Crippen molar-refractivity contribution in [3.05, 3.63) is 53.6 Å². The molecular formula is C10H6N2O4S2. The van der Waals surface area contributed by atoms with Crippen molar-refractivity contribution < 1.29 is 9.85 Å². The SMILES string of the molecule is O=[N+]([O-])c1cc([N+](=O)[O-])c(/C=C/c2cccs2)s1. The van der Waals surface area contributed by atoms with Crippen LogP contribution in [0, 0.1) is 20.2 Å². The minimum atomic E-state index is -0.625. The van der Waals surface area contributed by atoms with Gasteiger partial charge in [-0.15, -0.1) is 11.3 Å². The maximum Gasteiger partial charge on any atom is 0.331 e. The monoisotopic (exact) mass is 282 g/mol. The summed E-state index contributed by atoms with van der Waals surface area (Å²) in [4.78, 5) is 21.3. The quantitative estimate of drug-likeness (QED) is 0.630. The maximum atomic E-state index is 10.8. The van der Waals surface area contributed by atoms with Gasteiger partial charge in [0, 0.05) is 4.88 Å². The highest BCUT2D eigenvalue weighted by atomic mass is 32.1. The van der Waals surface area contributed by atoms with Crippen molar-refractivity contribution >= 4 is 45.5 Å². The van der Waals surface area contributed by atoms with Gasteiger partial charge < -0.3 is 0 Å². The van der Waals surface area contributed by atoms with Gasteiger partial charge in [0.1, 0.15) is 10.9 Å². The van der Waals surface area contributed by atoms with E-state index in [0.29, 0.717) is 0 Å². The highest BCUT2D eigenvalue weighted by Gasteiger charge is 2.23. The molecule has 0 N–H and O–H groups in total. The Morgan fingerprint density at radius 3 is 2.50 bits per heavy atom. The molecule has 0 aromatic carbocycles. The lowest BCUT2D eigenvalue weighted by Gasteiger charge is -1.87. The highest BCUT2D eigenvalue weighted by molar-refractivity contribution is 7.16. The summed E-state index contributed by atoms with van der Waals surface area (Å²) >= 11 is 2.28. The average molecular weight is 282 g/mol. The van der Waals surface area contributed by atoms with Gasteiger partial charge in [0.25, 0.3) is 5.69 Å². The molecule has 92 valence electrons. The van der Waals surface area contributed by atoms with E-state index in [-0.39, 0.29) is 15.6 Å². The first-order valence-corrected chi connectivity index (χ1v) is 6.42. The predicted molar refractivity (Wildman–Crippen MR) is 70.9 cm³/mol. The molecule has 6 nitrogen and oxygen atoms in total. The van der Waals surface area contributed by atoms with Gasteiger partial charge >= 0.3 is 5.00 Å². The van der Waals surface area contributed by atoms with Gasteiger partial charge in [-0.3, -0.25) is 20.2 Å². The van der Waals surface area contributed by atoms with Gasteiger partial charge in [0.2, 0.25) is 0 Å². The number of hydrogen-bond acceptors (Lipinski definition) is 6. The van der Waals surface area contributed by atoms with Crippen LogP contribution in [0.2, 0.25) is 0 Å². The molecule has 0 radical (unpaired) electrons. The molecule has 0 aliphatic heterocycles. The van der Waals surface area contributed by atoms with Crippen molar-refractivity contribution in [2.75, 3.05) is 0 Å². The molecule has 2 aromatic rings. The number of thiophene rings is 2. The Kier molecular flexibility index (Phi) is 3.49. The van der Waals surface area contributed by atoms with Gasteiger partial charge in [-0.2, -0.15) is 0 Å². The van der Waals surface area contributed by atoms with Crippen LogP contribution in [0.1, 0.15) is 9.75 Å². The third-order valence-corrected chi connectivity index (χ3v) is 3.92. The fourth-order valence-electron chi connectivity index (χ4n) is 1.28. The van der Waals surface area contributed by atoms with Crippen LogP contribution in [0.15, 0.2) is 23.6 Å². The molecule has 2 rings (SSSR count). The van der Waals surface area contributed by atoms with Crippen LogP contribution in [0.4, 0.5) is 10.7 Å². The molecule has 0 saturated heterocycles. The third-order valence-electron chi connectivity index (χ3n) is 2.05. The standard InChI is InChI=1S/C10H6N2O4S2/c13-11(14)8-6-10(12(15)16)18-9(8)4-3-7-2-1-5-17-7/h1-6H/b4-3+. The van der Waals surface area contributed by atoms with Crippen molar-refractivity contribution in [1.82, 2.24) is 0 Å². The molecule has 18 heavy (non-hydrogen) atoms. The van der Waals surface area contributed by atoms with Crippen molar-refractivity contribution in [1.29, 1.82) is 0 Å². The van der Waals surface area contributed by atoms with E-state index in [1.54, 1.807) is 6.08 Å². The van der Waals surface area contributed by atoms with Gasteiger partial charge in [-0.1, -0.05) is 17.4 Å². The fraction of sp³-hybridized carbons (Fsp3) is 0. The Balaban J connectivity index is 2.37. The van der Waals surface area contributed by atoms with Gasteiger partial charge in [0.05, 0.1) is 9.85 Å². The Hall–Kier alpha value is -2.06. The number of nitro groups is 2. The number of hydrogen-bond donors (Lipinski definition) is 0. The minimum absolute atomic E-state index is 0.229. The molecule has 0 spiro atoms. The smallest absolute Gasteiger partial charge is 0.258 e. The van der Waals surface area contributed by atoms with Crippen molar-refractivity contribution in [2.24, 2.45) is 0 Å². The molecule has 2 heterocycles. The van der Waals surface area contributed by atoms with E-state index < -0.39 is 9.85 Å². The van der Waals surface area contributed by atoms with Gasteiger partial charge in [0.15, 0.2) is 0 Å². The topological polar surface area (TPSA) is 86.3 Å². The first-order chi connectivity index (χ1) is 8.58. The maximum absolute atomic E-state index is 10.8. The van der Waals surface area contributed by atoms with Crippen LogP contribution in [0.3, 0.4) is 0 Å².